The van der Waals surface area contributed by atoms with Crippen LogP contribution in [0, 0.1) is 0 Å². The molecule has 0 aliphatic rings. The Labute approximate surface area is 305 Å². The third-order valence-corrected chi connectivity index (χ3v) is 10.5. The molecule has 4 heteroatoms. The SMILES string of the molecule is c1ccc(-c2cc(-n3c4ccccc4c4cc(-c5ccc6c(c5)c5ccccc5n6-c5cc6ccccc6o5)ccc43)cc(-c3ccccc3)n2)cc1. The summed E-state index contributed by atoms with van der Waals surface area (Å²) in [6.07, 6.45) is 0. The van der Waals surface area contributed by atoms with Gasteiger partial charge in [0.15, 0.2) is 0 Å². The number of hydrogen-bond acceptors (Lipinski definition) is 2. The first-order chi connectivity index (χ1) is 26.3. The largest absolute Gasteiger partial charge is 0.440 e. The molecule has 0 N–H and O–H groups in total. The van der Waals surface area contributed by atoms with Crippen molar-refractivity contribution >= 4 is 54.6 Å². The number of furan rings is 1. The van der Waals surface area contributed by atoms with Crippen molar-refractivity contribution in [2.24, 2.45) is 0 Å². The lowest BCUT2D eigenvalue weighted by Crippen LogP contribution is -1.98. The molecule has 0 aliphatic carbocycles. The highest BCUT2D eigenvalue weighted by Gasteiger charge is 2.18. The van der Waals surface area contributed by atoms with Gasteiger partial charge in [-0.2, -0.15) is 0 Å². The van der Waals surface area contributed by atoms with E-state index in [1.807, 2.05) is 24.3 Å². The molecule has 0 unspecified atom stereocenters. The standard InChI is InChI=1S/C49H31N3O/c1-3-13-32(14-4-1)42-30-37(31-43(50-42)33-15-5-2-6-16-33)51-44-20-10-8-18-38(44)40-27-34(23-25-46(40)51)35-24-26-47-41(28-35)39-19-9-11-21-45(39)52(47)49-29-36-17-7-12-22-48(36)53-49/h1-31H. The van der Waals surface area contributed by atoms with Gasteiger partial charge in [0.25, 0.3) is 0 Å². The minimum Gasteiger partial charge on any atom is -0.440 e. The molecule has 53 heavy (non-hydrogen) atoms. The van der Waals surface area contributed by atoms with Gasteiger partial charge in [-0.05, 0) is 65.7 Å². The summed E-state index contributed by atoms with van der Waals surface area (Å²) in [6.45, 7) is 0. The van der Waals surface area contributed by atoms with Gasteiger partial charge in [-0.15, -0.1) is 0 Å². The van der Waals surface area contributed by atoms with Crippen LogP contribution < -0.4 is 0 Å². The molecule has 4 heterocycles. The van der Waals surface area contributed by atoms with Gasteiger partial charge in [0.05, 0.1) is 39.1 Å². The van der Waals surface area contributed by atoms with Crippen LogP contribution in [0.3, 0.4) is 0 Å². The molecule has 0 saturated heterocycles. The lowest BCUT2D eigenvalue weighted by atomic mass is 10.0. The Morgan fingerprint density at radius 1 is 0.358 bits per heavy atom. The zero-order valence-electron chi connectivity index (χ0n) is 28.6. The van der Waals surface area contributed by atoms with Crippen LogP contribution in [0.5, 0.6) is 0 Å². The van der Waals surface area contributed by atoms with Crippen molar-refractivity contribution in [3.8, 4) is 45.2 Å². The minimum absolute atomic E-state index is 0.821. The van der Waals surface area contributed by atoms with E-state index in [1.54, 1.807) is 0 Å². The van der Waals surface area contributed by atoms with E-state index in [9.17, 15) is 0 Å². The van der Waals surface area contributed by atoms with Crippen molar-refractivity contribution in [1.82, 2.24) is 14.1 Å². The zero-order chi connectivity index (χ0) is 34.9. The summed E-state index contributed by atoms with van der Waals surface area (Å²) in [5.74, 6) is 0.821. The molecular weight excluding hydrogens is 647 g/mol. The number of rotatable bonds is 5. The van der Waals surface area contributed by atoms with Crippen molar-refractivity contribution in [3.05, 3.63) is 188 Å². The quantitative estimate of drug-likeness (QED) is 0.182. The van der Waals surface area contributed by atoms with E-state index in [0.29, 0.717) is 0 Å². The van der Waals surface area contributed by atoms with E-state index < -0.39 is 0 Å². The molecule has 0 saturated carbocycles. The Balaban J connectivity index is 1.10. The molecule has 0 atom stereocenters. The first kappa shape index (κ1) is 29.5. The Bertz CT molecular complexity index is 3080. The first-order valence-corrected chi connectivity index (χ1v) is 18.0. The average molecular weight is 678 g/mol. The normalized spacial score (nSPS) is 11.8. The lowest BCUT2D eigenvalue weighted by Gasteiger charge is -2.13. The Hall–Kier alpha value is -7.17. The van der Waals surface area contributed by atoms with Crippen LogP contribution in [0.15, 0.2) is 192 Å². The maximum absolute atomic E-state index is 6.39. The predicted molar refractivity (Wildman–Crippen MR) is 219 cm³/mol. The van der Waals surface area contributed by atoms with Crippen LogP contribution in [-0.2, 0) is 0 Å². The number of fused-ring (bicyclic) bond motifs is 7. The Kier molecular flexibility index (Phi) is 6.52. The second-order valence-electron chi connectivity index (χ2n) is 13.6. The fourth-order valence-electron chi connectivity index (χ4n) is 8.06. The predicted octanol–water partition coefficient (Wildman–Crippen LogP) is 13.0. The van der Waals surface area contributed by atoms with Gasteiger partial charge in [-0.3, -0.25) is 4.57 Å². The van der Waals surface area contributed by atoms with Crippen LogP contribution in [0.2, 0.25) is 0 Å². The number of pyridine rings is 1. The fourth-order valence-corrected chi connectivity index (χ4v) is 8.06. The molecule has 11 aromatic rings. The smallest absolute Gasteiger partial charge is 0.205 e. The molecule has 0 amide bonds. The second-order valence-corrected chi connectivity index (χ2v) is 13.6. The maximum atomic E-state index is 6.39. The summed E-state index contributed by atoms with van der Waals surface area (Å²) in [7, 11) is 0. The molecule has 248 valence electrons. The summed E-state index contributed by atoms with van der Waals surface area (Å²) in [5.41, 5.74) is 12.9. The number of nitrogens with zero attached hydrogens (tertiary/aromatic N) is 3. The van der Waals surface area contributed by atoms with Gasteiger partial charge in [-0.1, -0.05) is 127 Å². The summed E-state index contributed by atoms with van der Waals surface area (Å²) < 4.78 is 11.0. The topological polar surface area (TPSA) is 35.9 Å². The van der Waals surface area contributed by atoms with Crippen molar-refractivity contribution in [1.29, 1.82) is 0 Å². The summed E-state index contributed by atoms with van der Waals surface area (Å²) in [5, 5.41) is 5.91. The molecule has 7 aromatic carbocycles. The third kappa shape index (κ3) is 4.73. The van der Waals surface area contributed by atoms with Gasteiger partial charge in [0.2, 0.25) is 5.88 Å². The highest BCUT2D eigenvalue weighted by molar-refractivity contribution is 6.12. The Morgan fingerprint density at radius 3 is 1.45 bits per heavy atom. The van der Waals surface area contributed by atoms with Crippen LogP contribution in [0.25, 0.3) is 99.8 Å². The monoisotopic (exact) mass is 677 g/mol. The highest BCUT2D eigenvalue weighted by atomic mass is 16.4. The second kappa shape index (κ2) is 11.7. The number of hydrogen-bond donors (Lipinski definition) is 0. The van der Waals surface area contributed by atoms with Crippen LogP contribution >= 0.6 is 0 Å². The number of para-hydroxylation sites is 3. The third-order valence-electron chi connectivity index (χ3n) is 10.5. The highest BCUT2D eigenvalue weighted by Crippen LogP contribution is 2.39. The molecule has 0 radical (unpaired) electrons. The van der Waals surface area contributed by atoms with Gasteiger partial charge < -0.3 is 8.98 Å². The molecule has 0 bridgehead atoms. The molecule has 0 fully saturated rings. The van der Waals surface area contributed by atoms with Crippen LogP contribution in [0.1, 0.15) is 0 Å². The summed E-state index contributed by atoms with van der Waals surface area (Å²) >= 11 is 0. The maximum Gasteiger partial charge on any atom is 0.205 e. The van der Waals surface area contributed by atoms with Gasteiger partial charge in [-0.25, -0.2) is 4.98 Å². The molecule has 0 aliphatic heterocycles. The molecule has 4 nitrogen and oxygen atoms in total. The van der Waals surface area contributed by atoms with E-state index in [0.717, 1.165) is 67.1 Å². The first-order valence-electron chi connectivity index (χ1n) is 18.0. The van der Waals surface area contributed by atoms with E-state index in [-0.39, 0.29) is 0 Å². The van der Waals surface area contributed by atoms with E-state index >= 15 is 0 Å². The van der Waals surface area contributed by atoms with Crippen LogP contribution in [0.4, 0.5) is 0 Å². The number of benzene rings is 7. The van der Waals surface area contributed by atoms with E-state index in [1.165, 1.54) is 32.7 Å². The van der Waals surface area contributed by atoms with Gasteiger partial charge in [0, 0.05) is 44.1 Å². The zero-order valence-corrected chi connectivity index (χ0v) is 28.6. The minimum atomic E-state index is 0.821. The molecule has 11 rings (SSSR count). The van der Waals surface area contributed by atoms with Gasteiger partial charge in [0.1, 0.15) is 5.58 Å². The van der Waals surface area contributed by atoms with Crippen molar-refractivity contribution in [2.75, 3.05) is 0 Å². The summed E-state index contributed by atoms with van der Waals surface area (Å²) in [4.78, 5) is 5.16. The van der Waals surface area contributed by atoms with Crippen LogP contribution in [-0.4, -0.2) is 14.1 Å². The van der Waals surface area contributed by atoms with E-state index in [2.05, 4.69) is 173 Å². The van der Waals surface area contributed by atoms with Crippen molar-refractivity contribution in [3.63, 3.8) is 0 Å². The Morgan fingerprint density at radius 2 is 0.849 bits per heavy atom. The van der Waals surface area contributed by atoms with Gasteiger partial charge >= 0.3 is 0 Å². The van der Waals surface area contributed by atoms with Crippen molar-refractivity contribution in [2.45, 2.75) is 0 Å². The average Bonchev–Trinajstić information content (AvgIpc) is 3.91. The fraction of sp³-hybridized carbons (Fsp3) is 0. The lowest BCUT2D eigenvalue weighted by molar-refractivity contribution is 0.590. The molecule has 4 aromatic heterocycles. The summed E-state index contributed by atoms with van der Waals surface area (Å²) in [6, 6.07) is 66.7. The molecular formula is C49H31N3O. The van der Waals surface area contributed by atoms with Crippen molar-refractivity contribution < 1.29 is 4.42 Å². The molecule has 0 spiro atoms. The number of aromatic nitrogens is 3. The van der Waals surface area contributed by atoms with E-state index in [4.69, 9.17) is 9.40 Å².